The highest BCUT2D eigenvalue weighted by Gasteiger charge is 2.23. The highest BCUT2D eigenvalue weighted by atomic mass is 16.5. The quantitative estimate of drug-likeness (QED) is 0.722. The molecule has 0 unspecified atom stereocenters. The van der Waals surface area contributed by atoms with Gasteiger partial charge in [0.1, 0.15) is 6.10 Å². The molecule has 0 aliphatic carbocycles. The van der Waals surface area contributed by atoms with Crippen LogP contribution in [-0.4, -0.2) is 51.1 Å². The third-order valence-corrected chi connectivity index (χ3v) is 4.50. The van der Waals surface area contributed by atoms with Crippen LogP contribution in [0.4, 0.5) is 11.8 Å². The van der Waals surface area contributed by atoms with Gasteiger partial charge >= 0.3 is 0 Å². The normalized spacial score (nSPS) is 17.6. The molecule has 0 spiro atoms. The van der Waals surface area contributed by atoms with Crippen LogP contribution >= 0.6 is 0 Å². The monoisotopic (exact) mass is 362 g/mol. The second-order valence-corrected chi connectivity index (χ2v) is 6.42. The van der Waals surface area contributed by atoms with Gasteiger partial charge in [-0.3, -0.25) is 9.88 Å². The summed E-state index contributed by atoms with van der Waals surface area (Å²) in [7, 11) is 0. The van der Waals surface area contributed by atoms with Gasteiger partial charge in [0, 0.05) is 32.0 Å². The largest absolute Gasteiger partial charge is 0.369 e. The SMILES string of the molecule is c1ccc(CCN2CCO[C@@H](c3cncc(Nc4ncccn4)n3)C2)cc1. The van der Waals surface area contributed by atoms with Crippen LogP contribution in [0.5, 0.6) is 0 Å². The van der Waals surface area contributed by atoms with Crippen molar-refractivity contribution in [1.29, 1.82) is 0 Å². The first-order valence-electron chi connectivity index (χ1n) is 9.11. The molecule has 1 aliphatic rings. The number of nitrogens with zero attached hydrogens (tertiary/aromatic N) is 5. The molecule has 3 heterocycles. The predicted octanol–water partition coefficient (Wildman–Crippen LogP) is 2.63. The molecule has 3 aromatic rings. The van der Waals surface area contributed by atoms with Crippen LogP contribution in [0.25, 0.3) is 0 Å². The number of nitrogens with one attached hydrogen (secondary N) is 1. The summed E-state index contributed by atoms with van der Waals surface area (Å²) in [5.74, 6) is 1.11. The van der Waals surface area contributed by atoms with E-state index in [0.717, 1.165) is 31.7 Å². The molecular weight excluding hydrogens is 340 g/mol. The Bertz CT molecular complexity index is 845. The molecule has 1 N–H and O–H groups in total. The second-order valence-electron chi connectivity index (χ2n) is 6.42. The average Bonchev–Trinajstić information content (AvgIpc) is 2.74. The van der Waals surface area contributed by atoms with Crippen molar-refractivity contribution in [3.8, 4) is 0 Å². The third-order valence-electron chi connectivity index (χ3n) is 4.50. The molecule has 7 nitrogen and oxygen atoms in total. The van der Waals surface area contributed by atoms with E-state index >= 15 is 0 Å². The number of aromatic nitrogens is 4. The van der Waals surface area contributed by atoms with E-state index in [1.807, 2.05) is 0 Å². The van der Waals surface area contributed by atoms with Crippen molar-refractivity contribution in [2.24, 2.45) is 0 Å². The van der Waals surface area contributed by atoms with Gasteiger partial charge in [-0.05, 0) is 18.1 Å². The number of hydrogen-bond donors (Lipinski definition) is 1. The summed E-state index contributed by atoms with van der Waals surface area (Å²) < 4.78 is 5.95. The van der Waals surface area contributed by atoms with Crippen molar-refractivity contribution in [1.82, 2.24) is 24.8 Å². The Morgan fingerprint density at radius 1 is 1.07 bits per heavy atom. The summed E-state index contributed by atoms with van der Waals surface area (Å²) in [6.07, 6.45) is 7.74. The maximum atomic E-state index is 5.95. The standard InChI is InChI=1S/C20H22N6O/c1-2-5-16(6-3-1)7-10-26-11-12-27-18(15-26)17-13-21-14-19(24-17)25-20-22-8-4-9-23-20/h1-6,8-9,13-14,18H,7,10-12,15H2,(H,22,23,24,25)/t18-/m1/s1. The molecule has 0 amide bonds. The van der Waals surface area contributed by atoms with Crippen LogP contribution in [-0.2, 0) is 11.2 Å². The van der Waals surface area contributed by atoms with E-state index in [4.69, 9.17) is 4.74 Å². The molecule has 1 atom stereocenters. The summed E-state index contributed by atoms with van der Waals surface area (Å²) in [5, 5.41) is 3.08. The zero-order chi connectivity index (χ0) is 18.3. The molecule has 1 aromatic carbocycles. The maximum absolute atomic E-state index is 5.95. The van der Waals surface area contributed by atoms with E-state index in [9.17, 15) is 0 Å². The van der Waals surface area contributed by atoms with Gasteiger partial charge in [0.05, 0.1) is 24.7 Å². The Morgan fingerprint density at radius 2 is 1.93 bits per heavy atom. The van der Waals surface area contributed by atoms with Gasteiger partial charge in [-0.15, -0.1) is 0 Å². The van der Waals surface area contributed by atoms with E-state index in [-0.39, 0.29) is 6.10 Å². The first-order valence-corrected chi connectivity index (χ1v) is 9.11. The number of hydrogen-bond acceptors (Lipinski definition) is 7. The minimum atomic E-state index is -0.0829. The van der Waals surface area contributed by atoms with Crippen molar-refractivity contribution in [2.45, 2.75) is 12.5 Å². The lowest BCUT2D eigenvalue weighted by Gasteiger charge is -2.32. The Kier molecular flexibility index (Phi) is 5.61. The molecule has 1 fully saturated rings. The molecule has 0 saturated carbocycles. The van der Waals surface area contributed by atoms with Gasteiger partial charge in [-0.25, -0.2) is 15.0 Å². The Balaban J connectivity index is 1.38. The molecular formula is C20H22N6O. The topological polar surface area (TPSA) is 76.1 Å². The van der Waals surface area contributed by atoms with Crippen molar-refractivity contribution in [2.75, 3.05) is 31.6 Å². The molecule has 0 bridgehead atoms. The minimum absolute atomic E-state index is 0.0829. The van der Waals surface area contributed by atoms with E-state index < -0.39 is 0 Å². The summed E-state index contributed by atoms with van der Waals surface area (Å²) in [5.41, 5.74) is 2.18. The Labute approximate surface area is 158 Å². The van der Waals surface area contributed by atoms with Crippen LogP contribution in [0.3, 0.4) is 0 Å². The molecule has 27 heavy (non-hydrogen) atoms. The van der Waals surface area contributed by atoms with Gasteiger partial charge in [-0.2, -0.15) is 0 Å². The molecule has 1 saturated heterocycles. The smallest absolute Gasteiger partial charge is 0.228 e. The van der Waals surface area contributed by atoms with Crippen molar-refractivity contribution in [3.63, 3.8) is 0 Å². The molecule has 1 aliphatic heterocycles. The van der Waals surface area contributed by atoms with Crippen molar-refractivity contribution in [3.05, 3.63) is 72.4 Å². The number of morpholine rings is 1. The highest BCUT2D eigenvalue weighted by molar-refractivity contribution is 5.45. The zero-order valence-corrected chi connectivity index (χ0v) is 15.0. The summed E-state index contributed by atoms with van der Waals surface area (Å²) in [4.78, 5) is 19.7. The lowest BCUT2D eigenvalue weighted by atomic mass is 10.1. The van der Waals surface area contributed by atoms with Crippen LogP contribution in [0, 0.1) is 0 Å². The fraction of sp³-hybridized carbons (Fsp3) is 0.300. The predicted molar refractivity (Wildman–Crippen MR) is 103 cm³/mol. The van der Waals surface area contributed by atoms with E-state index in [2.05, 4.69) is 60.5 Å². The number of anilines is 2. The average molecular weight is 362 g/mol. The molecule has 4 rings (SSSR count). The number of ether oxygens (including phenoxy) is 1. The van der Waals surface area contributed by atoms with Gasteiger partial charge in [0.15, 0.2) is 5.82 Å². The summed E-state index contributed by atoms with van der Waals surface area (Å²) in [6, 6.07) is 12.3. The fourth-order valence-electron chi connectivity index (χ4n) is 3.09. The molecule has 0 radical (unpaired) electrons. The zero-order valence-electron chi connectivity index (χ0n) is 15.0. The first-order chi connectivity index (χ1) is 13.4. The first kappa shape index (κ1) is 17.5. The maximum Gasteiger partial charge on any atom is 0.228 e. The Hall–Kier alpha value is -2.90. The van der Waals surface area contributed by atoms with Crippen LogP contribution in [0.1, 0.15) is 17.4 Å². The molecule has 2 aromatic heterocycles. The van der Waals surface area contributed by atoms with Crippen LogP contribution in [0.15, 0.2) is 61.2 Å². The lowest BCUT2D eigenvalue weighted by Crippen LogP contribution is -2.39. The van der Waals surface area contributed by atoms with Crippen molar-refractivity contribution >= 4 is 11.8 Å². The van der Waals surface area contributed by atoms with E-state index in [1.54, 1.807) is 30.9 Å². The van der Waals surface area contributed by atoms with Gasteiger partial charge < -0.3 is 10.1 Å². The van der Waals surface area contributed by atoms with Crippen LogP contribution in [0.2, 0.25) is 0 Å². The van der Waals surface area contributed by atoms with Gasteiger partial charge in [0.2, 0.25) is 5.95 Å². The van der Waals surface area contributed by atoms with E-state index in [0.29, 0.717) is 18.4 Å². The highest BCUT2D eigenvalue weighted by Crippen LogP contribution is 2.22. The van der Waals surface area contributed by atoms with E-state index in [1.165, 1.54) is 5.56 Å². The van der Waals surface area contributed by atoms with Gasteiger partial charge in [-0.1, -0.05) is 30.3 Å². The summed E-state index contributed by atoms with van der Waals surface area (Å²) >= 11 is 0. The summed E-state index contributed by atoms with van der Waals surface area (Å²) in [6.45, 7) is 3.45. The lowest BCUT2D eigenvalue weighted by molar-refractivity contribution is -0.0317. The minimum Gasteiger partial charge on any atom is -0.369 e. The van der Waals surface area contributed by atoms with Crippen molar-refractivity contribution < 1.29 is 4.74 Å². The molecule has 7 heteroatoms. The Morgan fingerprint density at radius 3 is 2.78 bits per heavy atom. The fourth-order valence-corrected chi connectivity index (χ4v) is 3.09. The van der Waals surface area contributed by atoms with Crippen LogP contribution < -0.4 is 5.32 Å². The van der Waals surface area contributed by atoms with Gasteiger partial charge in [0.25, 0.3) is 0 Å². The second kappa shape index (κ2) is 8.66. The number of rotatable bonds is 6. The number of benzene rings is 1. The molecule has 138 valence electrons. The third kappa shape index (κ3) is 4.84.